The maximum atomic E-state index is 11.8. The average Bonchev–Trinajstić information content (AvgIpc) is 2.46. The van der Waals surface area contributed by atoms with E-state index in [0.29, 0.717) is 0 Å². The van der Waals surface area contributed by atoms with E-state index in [1.54, 1.807) is 6.07 Å². The lowest BCUT2D eigenvalue weighted by Crippen LogP contribution is -2.34. The molecule has 2 rings (SSSR count). The molecule has 0 atom stereocenters. The van der Waals surface area contributed by atoms with E-state index in [-0.39, 0.29) is 23.5 Å². The highest BCUT2D eigenvalue weighted by molar-refractivity contribution is 6.10. The molecule has 1 fully saturated rings. The number of benzene rings is 1. The lowest BCUT2D eigenvalue weighted by Gasteiger charge is -2.32. The molecule has 2 amide bonds. The highest BCUT2D eigenvalue weighted by Crippen LogP contribution is 2.31. The van der Waals surface area contributed by atoms with Crippen LogP contribution in [0.1, 0.15) is 52.5 Å². The van der Waals surface area contributed by atoms with E-state index in [4.69, 9.17) is 11.5 Å². The summed E-state index contributed by atoms with van der Waals surface area (Å²) in [6.07, 6.45) is 4.15. The number of piperidine rings is 1. The zero-order chi connectivity index (χ0) is 14.7. The fourth-order valence-corrected chi connectivity index (χ4v) is 2.85. The Morgan fingerprint density at radius 2 is 1.71 bits per heavy atom. The predicted molar refractivity (Wildman–Crippen MR) is 86.2 cm³/mol. The van der Waals surface area contributed by atoms with Crippen LogP contribution in [-0.2, 0) is 6.42 Å². The highest BCUT2D eigenvalue weighted by atomic mass is 35.5. The molecule has 0 aromatic heterocycles. The van der Waals surface area contributed by atoms with E-state index in [1.165, 1.54) is 6.42 Å². The number of carbonyl (C=O) groups excluding carboxylic acids is 2. The van der Waals surface area contributed by atoms with Crippen LogP contribution in [0.25, 0.3) is 0 Å². The number of nitrogens with zero attached hydrogens (tertiary/aromatic N) is 1. The van der Waals surface area contributed by atoms with Gasteiger partial charge >= 0.3 is 0 Å². The number of anilines is 1. The predicted octanol–water partition coefficient (Wildman–Crippen LogP) is 1.86. The Balaban J connectivity index is 0.00000220. The molecule has 1 aliphatic rings. The Kier molecular flexibility index (Phi) is 6.03. The first-order valence-corrected chi connectivity index (χ1v) is 7.06. The molecule has 4 N–H and O–H groups in total. The van der Waals surface area contributed by atoms with Gasteiger partial charge in [-0.15, -0.1) is 12.4 Å². The van der Waals surface area contributed by atoms with Gasteiger partial charge in [0, 0.05) is 13.1 Å². The molecule has 0 saturated carbocycles. The molecule has 0 aliphatic carbocycles. The Bertz CT molecular complexity index is 540. The third kappa shape index (κ3) is 3.47. The number of amides is 2. The zero-order valence-corrected chi connectivity index (χ0v) is 13.0. The van der Waals surface area contributed by atoms with Gasteiger partial charge in [0.05, 0.1) is 16.8 Å². The van der Waals surface area contributed by atoms with Gasteiger partial charge in [-0.25, -0.2) is 0 Å². The summed E-state index contributed by atoms with van der Waals surface area (Å²) in [6.45, 7) is 3.79. The second-order valence-corrected chi connectivity index (χ2v) is 5.13. The van der Waals surface area contributed by atoms with Crippen LogP contribution in [0.3, 0.4) is 0 Å². The van der Waals surface area contributed by atoms with Crippen molar-refractivity contribution in [3.63, 3.8) is 0 Å². The Morgan fingerprint density at radius 3 is 2.19 bits per heavy atom. The summed E-state index contributed by atoms with van der Waals surface area (Å²) in [5.74, 6) is -1.20. The van der Waals surface area contributed by atoms with Gasteiger partial charge in [0.25, 0.3) is 5.91 Å². The van der Waals surface area contributed by atoms with Crippen molar-refractivity contribution >= 4 is 29.9 Å². The molecule has 0 bridgehead atoms. The summed E-state index contributed by atoms with van der Waals surface area (Å²) in [7, 11) is 0. The third-order valence-electron chi connectivity index (χ3n) is 3.83. The second kappa shape index (κ2) is 7.31. The molecule has 1 saturated heterocycles. The molecule has 21 heavy (non-hydrogen) atoms. The van der Waals surface area contributed by atoms with E-state index in [2.05, 4.69) is 4.90 Å². The largest absolute Gasteiger partial charge is 0.371 e. The van der Waals surface area contributed by atoms with Crippen LogP contribution in [-0.4, -0.2) is 24.9 Å². The van der Waals surface area contributed by atoms with E-state index >= 15 is 0 Å². The lowest BCUT2D eigenvalue weighted by atomic mass is 9.96. The smallest absolute Gasteiger partial charge is 0.251 e. The summed E-state index contributed by atoms with van der Waals surface area (Å²) >= 11 is 0. The van der Waals surface area contributed by atoms with Crippen LogP contribution >= 0.6 is 12.4 Å². The summed E-state index contributed by atoms with van der Waals surface area (Å²) in [5, 5.41) is 0. The molecule has 1 aliphatic heterocycles. The molecule has 1 heterocycles. The first-order valence-electron chi connectivity index (χ1n) is 7.06. The minimum Gasteiger partial charge on any atom is -0.371 e. The minimum atomic E-state index is -0.611. The summed E-state index contributed by atoms with van der Waals surface area (Å²) in [5.41, 5.74) is 13.2. The van der Waals surface area contributed by atoms with Crippen molar-refractivity contribution in [3.05, 3.63) is 28.8 Å². The number of hydrogen-bond acceptors (Lipinski definition) is 3. The Labute approximate surface area is 131 Å². The van der Waals surface area contributed by atoms with E-state index in [1.807, 2.05) is 13.0 Å². The van der Waals surface area contributed by atoms with E-state index in [0.717, 1.165) is 43.6 Å². The second-order valence-electron chi connectivity index (χ2n) is 5.13. The number of carbonyl (C=O) groups is 2. The molecular formula is C15H22ClN3O2. The van der Waals surface area contributed by atoms with Crippen LogP contribution in [0, 0.1) is 0 Å². The fraction of sp³-hybridized carbons (Fsp3) is 0.467. The average molecular weight is 312 g/mol. The van der Waals surface area contributed by atoms with Crippen molar-refractivity contribution in [3.8, 4) is 0 Å². The fourth-order valence-electron chi connectivity index (χ4n) is 2.85. The Hall–Kier alpha value is -1.75. The topological polar surface area (TPSA) is 89.4 Å². The van der Waals surface area contributed by atoms with Gasteiger partial charge in [-0.05, 0) is 37.3 Å². The maximum absolute atomic E-state index is 11.8. The number of halogens is 1. The molecular weight excluding hydrogens is 290 g/mol. The van der Waals surface area contributed by atoms with Gasteiger partial charge in [-0.1, -0.05) is 13.0 Å². The van der Waals surface area contributed by atoms with Crippen LogP contribution in [0.15, 0.2) is 12.1 Å². The molecule has 1 aromatic carbocycles. The van der Waals surface area contributed by atoms with Gasteiger partial charge in [0.1, 0.15) is 0 Å². The van der Waals surface area contributed by atoms with Gasteiger partial charge < -0.3 is 16.4 Å². The molecule has 116 valence electrons. The van der Waals surface area contributed by atoms with Gasteiger partial charge in [-0.2, -0.15) is 0 Å². The van der Waals surface area contributed by atoms with Crippen LogP contribution in [0.2, 0.25) is 0 Å². The van der Waals surface area contributed by atoms with Crippen LogP contribution < -0.4 is 16.4 Å². The monoisotopic (exact) mass is 311 g/mol. The first-order chi connectivity index (χ1) is 9.56. The first kappa shape index (κ1) is 17.3. The lowest BCUT2D eigenvalue weighted by molar-refractivity contribution is 0.0967. The molecule has 0 unspecified atom stereocenters. The summed E-state index contributed by atoms with van der Waals surface area (Å²) < 4.78 is 0. The number of primary amides is 2. The van der Waals surface area contributed by atoms with Crippen molar-refractivity contribution in [1.29, 1.82) is 0 Å². The molecule has 1 aromatic rings. The van der Waals surface area contributed by atoms with Gasteiger partial charge in [0.2, 0.25) is 5.91 Å². The SMILES string of the molecule is CCc1ccc(C(N)=O)c(C(N)=O)c1N1CCCCC1.Cl. The minimum absolute atomic E-state index is 0. The quantitative estimate of drug-likeness (QED) is 0.889. The molecule has 0 radical (unpaired) electrons. The number of aryl methyl sites for hydroxylation is 1. The normalized spacial score (nSPS) is 14.4. The Morgan fingerprint density at radius 1 is 1.10 bits per heavy atom. The van der Waals surface area contributed by atoms with E-state index < -0.39 is 11.8 Å². The number of hydrogen-bond donors (Lipinski definition) is 2. The van der Waals surface area contributed by atoms with E-state index in [9.17, 15) is 9.59 Å². The van der Waals surface area contributed by atoms with Crippen molar-refractivity contribution in [2.75, 3.05) is 18.0 Å². The number of nitrogens with two attached hydrogens (primary N) is 2. The summed E-state index contributed by atoms with van der Waals surface area (Å²) in [4.78, 5) is 25.6. The van der Waals surface area contributed by atoms with Crippen molar-refractivity contribution in [2.45, 2.75) is 32.6 Å². The molecule has 0 spiro atoms. The third-order valence-corrected chi connectivity index (χ3v) is 3.83. The molecule has 5 nitrogen and oxygen atoms in total. The van der Waals surface area contributed by atoms with Crippen LogP contribution in [0.4, 0.5) is 5.69 Å². The summed E-state index contributed by atoms with van der Waals surface area (Å²) in [6, 6.07) is 3.48. The van der Waals surface area contributed by atoms with Gasteiger partial charge in [-0.3, -0.25) is 9.59 Å². The standard InChI is InChI=1S/C15H21N3O2.ClH/c1-2-10-6-7-11(14(16)19)12(15(17)20)13(10)18-8-4-3-5-9-18;/h6-7H,2-5,8-9H2,1H3,(H2,16,19)(H2,17,20);1H. The maximum Gasteiger partial charge on any atom is 0.251 e. The molecule has 6 heteroatoms. The van der Waals surface area contributed by atoms with Crippen LogP contribution in [0.5, 0.6) is 0 Å². The highest BCUT2D eigenvalue weighted by Gasteiger charge is 2.24. The van der Waals surface area contributed by atoms with Crippen molar-refractivity contribution in [1.82, 2.24) is 0 Å². The van der Waals surface area contributed by atoms with Crippen molar-refractivity contribution < 1.29 is 9.59 Å². The zero-order valence-electron chi connectivity index (χ0n) is 12.2. The van der Waals surface area contributed by atoms with Crippen molar-refractivity contribution in [2.24, 2.45) is 11.5 Å². The van der Waals surface area contributed by atoms with Gasteiger partial charge in [0.15, 0.2) is 0 Å². The number of rotatable bonds is 4.